The van der Waals surface area contributed by atoms with Crippen molar-refractivity contribution in [3.8, 4) is 0 Å². The summed E-state index contributed by atoms with van der Waals surface area (Å²) in [7, 11) is 0. The van der Waals surface area contributed by atoms with E-state index >= 15 is 0 Å². The molecule has 0 spiro atoms. The first-order valence-corrected chi connectivity index (χ1v) is 6.02. The van der Waals surface area contributed by atoms with E-state index in [0.717, 1.165) is 6.42 Å². The molecular weight excluding hydrogens is 282 g/mol. The summed E-state index contributed by atoms with van der Waals surface area (Å²) in [4.78, 5) is 11.6. The van der Waals surface area contributed by atoms with E-state index in [9.17, 15) is 9.18 Å². The third-order valence-corrected chi connectivity index (χ3v) is 2.78. The number of carbonyl (C=O) groups excluding carboxylic acids is 1. The lowest BCUT2D eigenvalue weighted by Crippen LogP contribution is -2.02. The smallest absolute Gasteiger partial charge is 0.165 e. The number of hydrogen-bond acceptors (Lipinski definition) is 1. The quantitative estimate of drug-likeness (QED) is 0.452. The van der Waals surface area contributed by atoms with Crippen molar-refractivity contribution in [3.63, 3.8) is 0 Å². The molecule has 1 rings (SSSR count). The number of Topliss-reactive ketones (excluding diaryl/α,β-unsaturated/α-hetero) is 1. The first-order valence-electron chi connectivity index (χ1n) is 4.69. The summed E-state index contributed by atoms with van der Waals surface area (Å²) in [5.74, 6) is -0.0961. The first-order chi connectivity index (χ1) is 7.15. The lowest BCUT2D eigenvalue weighted by molar-refractivity contribution is 0.0976. The summed E-state index contributed by atoms with van der Waals surface area (Å²) < 4.78 is 14.0. The van der Waals surface area contributed by atoms with Gasteiger partial charge in [0.15, 0.2) is 5.78 Å². The second-order valence-electron chi connectivity index (χ2n) is 3.19. The molecule has 82 valence electrons. The molecule has 15 heavy (non-hydrogen) atoms. The highest BCUT2D eigenvalue weighted by molar-refractivity contribution is 9.10. The zero-order valence-electron chi connectivity index (χ0n) is 8.10. The van der Waals surface area contributed by atoms with Gasteiger partial charge in [-0.05, 0) is 31.0 Å². The fourth-order valence-corrected chi connectivity index (χ4v) is 1.75. The van der Waals surface area contributed by atoms with Crippen LogP contribution in [0.2, 0.25) is 0 Å². The van der Waals surface area contributed by atoms with Gasteiger partial charge in [-0.25, -0.2) is 4.39 Å². The highest BCUT2D eigenvalue weighted by Crippen LogP contribution is 2.17. The zero-order valence-corrected chi connectivity index (χ0v) is 10.4. The van der Waals surface area contributed by atoms with Crippen molar-refractivity contribution >= 4 is 33.3 Å². The predicted molar refractivity (Wildman–Crippen MR) is 63.0 cm³/mol. The van der Waals surface area contributed by atoms with Crippen LogP contribution < -0.4 is 0 Å². The molecule has 0 saturated carbocycles. The van der Waals surface area contributed by atoms with Crippen molar-refractivity contribution in [2.75, 3.05) is 5.88 Å². The van der Waals surface area contributed by atoms with Gasteiger partial charge < -0.3 is 0 Å². The van der Waals surface area contributed by atoms with E-state index < -0.39 is 5.82 Å². The minimum atomic E-state index is -0.472. The molecule has 0 N–H and O–H groups in total. The van der Waals surface area contributed by atoms with Crippen LogP contribution >= 0.6 is 27.5 Å². The molecule has 0 radical (unpaired) electrons. The van der Waals surface area contributed by atoms with Crippen LogP contribution in [0.25, 0.3) is 0 Å². The van der Waals surface area contributed by atoms with Gasteiger partial charge in [0.05, 0.1) is 5.56 Å². The monoisotopic (exact) mass is 292 g/mol. The molecule has 0 aliphatic heterocycles. The second kappa shape index (κ2) is 6.23. The Morgan fingerprint density at radius 2 is 2.13 bits per heavy atom. The predicted octanol–water partition coefficient (Wildman–Crippen LogP) is 4.18. The van der Waals surface area contributed by atoms with Gasteiger partial charge in [0, 0.05) is 16.8 Å². The zero-order chi connectivity index (χ0) is 11.3. The van der Waals surface area contributed by atoms with E-state index in [1.807, 2.05) is 0 Å². The van der Waals surface area contributed by atoms with Crippen molar-refractivity contribution < 1.29 is 9.18 Å². The van der Waals surface area contributed by atoms with Crippen molar-refractivity contribution in [2.24, 2.45) is 0 Å². The normalized spacial score (nSPS) is 10.3. The summed E-state index contributed by atoms with van der Waals surface area (Å²) in [5.41, 5.74) is 0.160. The van der Waals surface area contributed by atoms with Crippen LogP contribution in [-0.4, -0.2) is 11.7 Å². The SMILES string of the molecule is O=C(CCCCCl)c1ccc(Br)cc1F. The van der Waals surface area contributed by atoms with Gasteiger partial charge in [-0.1, -0.05) is 15.9 Å². The number of alkyl halides is 1. The third kappa shape index (κ3) is 3.92. The van der Waals surface area contributed by atoms with Crippen LogP contribution in [0.1, 0.15) is 29.6 Å². The van der Waals surface area contributed by atoms with E-state index in [0.29, 0.717) is 23.2 Å². The summed E-state index contributed by atoms with van der Waals surface area (Å²) >= 11 is 8.63. The number of unbranched alkanes of at least 4 members (excludes halogenated alkanes) is 1. The number of halogens is 3. The van der Waals surface area contributed by atoms with Crippen LogP contribution in [0.5, 0.6) is 0 Å². The summed E-state index contributed by atoms with van der Waals surface area (Å²) in [6.45, 7) is 0. The van der Waals surface area contributed by atoms with Crippen LogP contribution in [0, 0.1) is 5.82 Å². The van der Waals surface area contributed by atoms with Gasteiger partial charge in [0.1, 0.15) is 5.82 Å². The molecule has 1 aromatic rings. The van der Waals surface area contributed by atoms with E-state index in [4.69, 9.17) is 11.6 Å². The Balaban J connectivity index is 2.65. The molecule has 4 heteroatoms. The molecule has 0 aliphatic carbocycles. The Labute approximate surface area is 102 Å². The fourth-order valence-electron chi connectivity index (χ4n) is 1.23. The topological polar surface area (TPSA) is 17.1 Å². The number of benzene rings is 1. The van der Waals surface area contributed by atoms with Gasteiger partial charge in [0.25, 0.3) is 0 Å². The van der Waals surface area contributed by atoms with E-state index in [-0.39, 0.29) is 11.3 Å². The van der Waals surface area contributed by atoms with Gasteiger partial charge >= 0.3 is 0 Å². The van der Waals surface area contributed by atoms with E-state index in [1.165, 1.54) is 12.1 Å². The molecule has 1 nitrogen and oxygen atoms in total. The lowest BCUT2D eigenvalue weighted by atomic mass is 10.1. The average Bonchev–Trinajstić information content (AvgIpc) is 2.17. The lowest BCUT2D eigenvalue weighted by Gasteiger charge is -2.02. The maximum atomic E-state index is 13.3. The fraction of sp³-hybridized carbons (Fsp3) is 0.364. The molecular formula is C11H11BrClFO. The Hall–Kier alpha value is -0.410. The molecule has 0 fully saturated rings. The molecule has 1 aromatic carbocycles. The molecule has 0 amide bonds. The minimum Gasteiger partial charge on any atom is -0.294 e. The van der Waals surface area contributed by atoms with Crippen LogP contribution in [-0.2, 0) is 0 Å². The Morgan fingerprint density at radius 1 is 1.40 bits per heavy atom. The molecule has 0 unspecified atom stereocenters. The van der Waals surface area contributed by atoms with Gasteiger partial charge in [-0.2, -0.15) is 0 Å². The first kappa shape index (κ1) is 12.7. The number of rotatable bonds is 5. The van der Waals surface area contributed by atoms with Gasteiger partial charge in [-0.3, -0.25) is 4.79 Å². The summed E-state index contributed by atoms with van der Waals surface area (Å²) in [5, 5.41) is 0. The van der Waals surface area contributed by atoms with Crippen LogP contribution in [0.3, 0.4) is 0 Å². The number of hydrogen-bond donors (Lipinski definition) is 0. The standard InChI is InChI=1S/C11H11BrClFO/c12-8-4-5-9(10(14)7-8)11(15)3-1-2-6-13/h4-5,7H,1-3,6H2. The molecule has 0 heterocycles. The summed E-state index contributed by atoms with van der Waals surface area (Å²) in [6, 6.07) is 4.47. The molecule has 0 aliphatic rings. The highest BCUT2D eigenvalue weighted by atomic mass is 79.9. The number of carbonyl (C=O) groups is 1. The highest BCUT2D eigenvalue weighted by Gasteiger charge is 2.11. The Morgan fingerprint density at radius 3 is 2.73 bits per heavy atom. The van der Waals surface area contributed by atoms with Gasteiger partial charge in [0.2, 0.25) is 0 Å². The average molecular weight is 294 g/mol. The largest absolute Gasteiger partial charge is 0.294 e. The van der Waals surface area contributed by atoms with Gasteiger partial charge in [-0.15, -0.1) is 11.6 Å². The molecule has 0 bridgehead atoms. The van der Waals surface area contributed by atoms with Crippen molar-refractivity contribution in [1.29, 1.82) is 0 Å². The second-order valence-corrected chi connectivity index (χ2v) is 4.49. The molecule has 0 saturated heterocycles. The van der Waals surface area contributed by atoms with Crippen LogP contribution in [0.4, 0.5) is 4.39 Å². The van der Waals surface area contributed by atoms with Crippen molar-refractivity contribution in [2.45, 2.75) is 19.3 Å². The van der Waals surface area contributed by atoms with E-state index in [2.05, 4.69) is 15.9 Å². The third-order valence-electron chi connectivity index (χ3n) is 2.02. The summed E-state index contributed by atoms with van der Waals surface area (Å²) in [6.07, 6.45) is 1.84. The maximum Gasteiger partial charge on any atom is 0.165 e. The molecule has 0 aromatic heterocycles. The van der Waals surface area contributed by atoms with Crippen molar-refractivity contribution in [3.05, 3.63) is 34.1 Å². The van der Waals surface area contributed by atoms with Crippen LogP contribution in [0.15, 0.2) is 22.7 Å². The number of ketones is 1. The maximum absolute atomic E-state index is 13.3. The Kier molecular flexibility index (Phi) is 5.26. The van der Waals surface area contributed by atoms with E-state index in [1.54, 1.807) is 6.07 Å². The Bertz CT molecular complexity index is 354. The molecule has 0 atom stereocenters. The van der Waals surface area contributed by atoms with Crippen molar-refractivity contribution in [1.82, 2.24) is 0 Å². The minimum absolute atomic E-state index is 0.160.